The highest BCUT2D eigenvalue weighted by Gasteiger charge is 2.10. The van der Waals surface area contributed by atoms with Gasteiger partial charge in [-0.25, -0.2) is 4.79 Å². The molecule has 1 heterocycles. The van der Waals surface area contributed by atoms with Crippen LogP contribution in [0.25, 0.3) is 0 Å². The molecule has 1 rings (SSSR count). The van der Waals surface area contributed by atoms with E-state index in [4.69, 9.17) is 5.11 Å². The van der Waals surface area contributed by atoms with Crippen molar-refractivity contribution in [3.05, 3.63) is 0 Å². The van der Waals surface area contributed by atoms with Crippen LogP contribution in [0.15, 0.2) is 0 Å². The van der Waals surface area contributed by atoms with Crippen molar-refractivity contribution in [2.24, 2.45) is 0 Å². The molecule has 1 fully saturated rings. The molecule has 1 aliphatic heterocycles. The van der Waals surface area contributed by atoms with Crippen LogP contribution in [0.2, 0.25) is 0 Å². The lowest BCUT2D eigenvalue weighted by molar-refractivity contribution is 0.184. The second-order valence-electron chi connectivity index (χ2n) is 4.14. The van der Waals surface area contributed by atoms with Crippen LogP contribution in [0.4, 0.5) is 4.79 Å². The zero-order chi connectivity index (χ0) is 10.3. The van der Waals surface area contributed by atoms with E-state index in [2.05, 4.69) is 10.6 Å². The van der Waals surface area contributed by atoms with E-state index >= 15 is 0 Å². The van der Waals surface area contributed by atoms with Gasteiger partial charge in [0, 0.05) is 5.54 Å². The molecule has 1 aliphatic rings. The molecule has 78 valence electrons. The van der Waals surface area contributed by atoms with Crippen LogP contribution in [0.5, 0.6) is 0 Å². The first-order chi connectivity index (χ1) is 5.92. The van der Waals surface area contributed by atoms with E-state index in [0.29, 0.717) is 0 Å². The number of hydrogen-bond donors (Lipinski definition) is 3. The van der Waals surface area contributed by atoms with Crippen molar-refractivity contribution >= 4 is 6.09 Å². The first kappa shape index (κ1) is 12.2. The number of nitrogens with one attached hydrogen (secondary N) is 2. The van der Waals surface area contributed by atoms with Gasteiger partial charge in [0.1, 0.15) is 0 Å². The summed E-state index contributed by atoms with van der Waals surface area (Å²) in [7, 11) is 0. The molecule has 0 saturated carbocycles. The Bertz CT molecular complexity index is 141. The number of hydrogen-bond acceptors (Lipinski definition) is 2. The number of rotatable bonds is 0. The molecule has 0 aromatic heterocycles. The smallest absolute Gasteiger partial charge is 0.405 e. The van der Waals surface area contributed by atoms with Crippen LogP contribution in [-0.4, -0.2) is 29.8 Å². The van der Waals surface area contributed by atoms with Gasteiger partial charge in [-0.15, -0.1) is 0 Å². The minimum Gasteiger partial charge on any atom is -0.465 e. The summed E-state index contributed by atoms with van der Waals surface area (Å²) >= 11 is 0. The topological polar surface area (TPSA) is 61.4 Å². The lowest BCUT2D eigenvalue weighted by Gasteiger charge is -2.16. The maximum absolute atomic E-state index is 9.90. The summed E-state index contributed by atoms with van der Waals surface area (Å²) in [4.78, 5) is 9.90. The fourth-order valence-corrected chi connectivity index (χ4v) is 0.946. The zero-order valence-corrected chi connectivity index (χ0v) is 8.68. The SMILES string of the molecule is C1CCNC1.CC(C)(C)NC(=O)O. The summed E-state index contributed by atoms with van der Waals surface area (Å²) in [5.41, 5.74) is -0.328. The molecule has 4 nitrogen and oxygen atoms in total. The maximum atomic E-state index is 9.90. The summed E-state index contributed by atoms with van der Waals surface area (Å²) in [6.07, 6.45) is 1.80. The van der Waals surface area contributed by atoms with Crippen LogP contribution < -0.4 is 10.6 Å². The molecule has 0 radical (unpaired) electrons. The van der Waals surface area contributed by atoms with Gasteiger partial charge in [-0.05, 0) is 46.7 Å². The summed E-state index contributed by atoms with van der Waals surface area (Å²) < 4.78 is 0. The van der Waals surface area contributed by atoms with Gasteiger partial charge in [0.25, 0.3) is 0 Å². The second-order valence-corrected chi connectivity index (χ2v) is 4.14. The second kappa shape index (κ2) is 5.80. The number of carbonyl (C=O) groups is 1. The van der Waals surface area contributed by atoms with Gasteiger partial charge in [0.05, 0.1) is 0 Å². The summed E-state index contributed by atoms with van der Waals surface area (Å²) in [5, 5.41) is 13.7. The predicted octanol–water partition coefficient (Wildman–Crippen LogP) is 1.42. The number of amides is 1. The fraction of sp³-hybridized carbons (Fsp3) is 0.889. The molecule has 0 atom stereocenters. The van der Waals surface area contributed by atoms with Gasteiger partial charge >= 0.3 is 6.09 Å². The Morgan fingerprint density at radius 3 is 1.85 bits per heavy atom. The van der Waals surface area contributed by atoms with Gasteiger partial charge < -0.3 is 15.7 Å². The largest absolute Gasteiger partial charge is 0.465 e. The van der Waals surface area contributed by atoms with E-state index in [1.807, 2.05) is 0 Å². The van der Waals surface area contributed by atoms with Crippen molar-refractivity contribution in [3.8, 4) is 0 Å². The zero-order valence-electron chi connectivity index (χ0n) is 8.68. The Morgan fingerprint density at radius 2 is 1.77 bits per heavy atom. The Kier molecular flexibility index (Phi) is 5.46. The van der Waals surface area contributed by atoms with E-state index in [1.54, 1.807) is 20.8 Å². The van der Waals surface area contributed by atoms with Gasteiger partial charge in [-0.3, -0.25) is 0 Å². The van der Waals surface area contributed by atoms with Crippen molar-refractivity contribution in [2.75, 3.05) is 13.1 Å². The molecule has 4 heteroatoms. The molecule has 13 heavy (non-hydrogen) atoms. The van der Waals surface area contributed by atoms with Crippen molar-refractivity contribution in [1.29, 1.82) is 0 Å². The fourth-order valence-electron chi connectivity index (χ4n) is 0.946. The Balaban J connectivity index is 0.000000243. The van der Waals surface area contributed by atoms with Crippen molar-refractivity contribution in [1.82, 2.24) is 10.6 Å². The van der Waals surface area contributed by atoms with Gasteiger partial charge in [-0.1, -0.05) is 0 Å². The van der Waals surface area contributed by atoms with Gasteiger partial charge in [0.2, 0.25) is 0 Å². The molecular weight excluding hydrogens is 168 g/mol. The lowest BCUT2D eigenvalue weighted by Crippen LogP contribution is -2.39. The van der Waals surface area contributed by atoms with Crippen LogP contribution in [0.1, 0.15) is 33.6 Å². The van der Waals surface area contributed by atoms with Gasteiger partial charge in [-0.2, -0.15) is 0 Å². The highest BCUT2D eigenvalue weighted by atomic mass is 16.4. The normalized spacial score (nSPS) is 15.9. The predicted molar refractivity (Wildman–Crippen MR) is 53.0 cm³/mol. The molecule has 1 saturated heterocycles. The van der Waals surface area contributed by atoms with Crippen molar-refractivity contribution < 1.29 is 9.90 Å². The highest BCUT2D eigenvalue weighted by molar-refractivity contribution is 5.65. The van der Waals surface area contributed by atoms with E-state index in [0.717, 1.165) is 0 Å². The Morgan fingerprint density at radius 1 is 1.31 bits per heavy atom. The third kappa shape index (κ3) is 11.2. The molecule has 0 unspecified atom stereocenters. The van der Waals surface area contributed by atoms with E-state index in [9.17, 15) is 4.79 Å². The lowest BCUT2D eigenvalue weighted by atomic mass is 10.1. The summed E-state index contributed by atoms with van der Waals surface area (Å²) in [6, 6.07) is 0. The van der Waals surface area contributed by atoms with Crippen molar-refractivity contribution in [3.63, 3.8) is 0 Å². The molecule has 0 spiro atoms. The van der Waals surface area contributed by atoms with E-state index in [1.165, 1.54) is 25.9 Å². The Labute approximate surface area is 79.7 Å². The Hall–Kier alpha value is -0.770. The molecule has 3 N–H and O–H groups in total. The van der Waals surface area contributed by atoms with Gasteiger partial charge in [0.15, 0.2) is 0 Å². The monoisotopic (exact) mass is 188 g/mol. The number of carboxylic acid groups (broad SMARTS) is 1. The van der Waals surface area contributed by atoms with Crippen LogP contribution in [0.3, 0.4) is 0 Å². The maximum Gasteiger partial charge on any atom is 0.405 e. The quantitative estimate of drug-likeness (QED) is 0.539. The summed E-state index contributed by atoms with van der Waals surface area (Å²) in [5.74, 6) is 0. The van der Waals surface area contributed by atoms with E-state index < -0.39 is 6.09 Å². The molecule has 0 aliphatic carbocycles. The minimum atomic E-state index is -0.975. The van der Waals surface area contributed by atoms with Crippen LogP contribution >= 0.6 is 0 Å². The van der Waals surface area contributed by atoms with Crippen LogP contribution in [-0.2, 0) is 0 Å². The average Bonchev–Trinajstić information content (AvgIpc) is 2.33. The summed E-state index contributed by atoms with van der Waals surface area (Å²) in [6.45, 7) is 7.88. The molecule has 0 bridgehead atoms. The first-order valence-corrected chi connectivity index (χ1v) is 4.63. The van der Waals surface area contributed by atoms with Crippen molar-refractivity contribution in [2.45, 2.75) is 39.2 Å². The van der Waals surface area contributed by atoms with E-state index in [-0.39, 0.29) is 5.54 Å². The average molecular weight is 188 g/mol. The third-order valence-electron chi connectivity index (χ3n) is 1.44. The molecule has 0 aromatic rings. The molecular formula is C9H20N2O2. The van der Waals surface area contributed by atoms with Crippen LogP contribution in [0, 0.1) is 0 Å². The highest BCUT2D eigenvalue weighted by Crippen LogP contribution is 1.96. The standard InChI is InChI=1S/C5H11NO2.C4H9N/c1-5(2,3)6-4(7)8;1-2-4-5-3-1/h6H,1-3H3,(H,7,8);5H,1-4H2. The molecule has 0 aromatic carbocycles. The minimum absolute atomic E-state index is 0.328. The molecule has 1 amide bonds. The first-order valence-electron chi connectivity index (χ1n) is 4.63. The third-order valence-corrected chi connectivity index (χ3v) is 1.44.